The molecule has 2 N–H and O–H groups in total. The van der Waals surface area contributed by atoms with Crippen molar-refractivity contribution >= 4 is 40.8 Å². The van der Waals surface area contributed by atoms with Crippen LogP contribution >= 0.6 is 11.6 Å². The minimum Gasteiger partial charge on any atom is -0.341 e. The number of carbonyl (C=O) groups excluding carboxylic acids is 1. The lowest BCUT2D eigenvalue weighted by Crippen LogP contribution is -2.35. The van der Waals surface area contributed by atoms with Crippen molar-refractivity contribution in [3.05, 3.63) is 64.9 Å². The third-order valence-corrected chi connectivity index (χ3v) is 6.04. The van der Waals surface area contributed by atoms with E-state index in [1.165, 1.54) is 18.8 Å². The van der Waals surface area contributed by atoms with Crippen LogP contribution in [0.2, 0.25) is 5.02 Å². The molecule has 4 rings (SSSR count). The van der Waals surface area contributed by atoms with Gasteiger partial charge in [-0.3, -0.25) is 4.79 Å². The molecular weight excluding hydrogens is 424 g/mol. The maximum atomic E-state index is 11.4. The molecule has 3 aromatic rings. The van der Waals surface area contributed by atoms with Gasteiger partial charge in [-0.1, -0.05) is 29.8 Å². The molecular formula is C24H27ClN6O. The van der Waals surface area contributed by atoms with E-state index in [0.717, 1.165) is 54.3 Å². The van der Waals surface area contributed by atoms with Crippen molar-refractivity contribution < 1.29 is 4.79 Å². The van der Waals surface area contributed by atoms with Gasteiger partial charge in [-0.25, -0.2) is 9.97 Å². The predicted molar refractivity (Wildman–Crippen MR) is 129 cm³/mol. The van der Waals surface area contributed by atoms with Crippen LogP contribution in [0.15, 0.2) is 48.8 Å². The average Bonchev–Trinajstić information content (AvgIpc) is 2.78. The Balaban J connectivity index is 1.39. The maximum absolute atomic E-state index is 11.4. The Bertz CT molecular complexity index is 1080. The number of amides is 1. The van der Waals surface area contributed by atoms with Gasteiger partial charge in [0.2, 0.25) is 17.8 Å². The summed E-state index contributed by atoms with van der Waals surface area (Å²) in [6.07, 6.45) is 4.79. The van der Waals surface area contributed by atoms with Gasteiger partial charge in [0.05, 0.1) is 0 Å². The third-order valence-electron chi connectivity index (χ3n) is 5.79. The first-order valence-electron chi connectivity index (χ1n) is 10.8. The Kier molecular flexibility index (Phi) is 6.85. The Labute approximate surface area is 193 Å². The van der Waals surface area contributed by atoms with Crippen LogP contribution in [0.5, 0.6) is 0 Å². The molecule has 0 aliphatic carbocycles. The summed E-state index contributed by atoms with van der Waals surface area (Å²) in [7, 11) is 0. The number of hydrogen-bond acceptors (Lipinski definition) is 6. The Morgan fingerprint density at radius 2 is 1.81 bits per heavy atom. The minimum atomic E-state index is -0.104. The van der Waals surface area contributed by atoms with Crippen LogP contribution in [-0.2, 0) is 11.2 Å². The first-order valence-corrected chi connectivity index (χ1v) is 11.2. The van der Waals surface area contributed by atoms with Crippen LogP contribution in [0.3, 0.4) is 0 Å². The molecule has 0 unspecified atom stereocenters. The average molecular weight is 451 g/mol. The number of nitrogens with zero attached hydrogens (tertiary/aromatic N) is 4. The zero-order chi connectivity index (χ0) is 22.5. The minimum absolute atomic E-state index is 0.104. The fourth-order valence-electron chi connectivity index (χ4n) is 4.01. The molecule has 2 heterocycles. The van der Waals surface area contributed by atoms with E-state index < -0.39 is 0 Å². The molecule has 32 heavy (non-hydrogen) atoms. The van der Waals surface area contributed by atoms with E-state index in [9.17, 15) is 4.79 Å². The fraction of sp³-hybridized carbons (Fsp3) is 0.333. The molecule has 166 valence electrons. The van der Waals surface area contributed by atoms with E-state index in [-0.39, 0.29) is 5.91 Å². The first-order chi connectivity index (χ1) is 15.5. The van der Waals surface area contributed by atoms with Crippen LogP contribution in [0.25, 0.3) is 0 Å². The summed E-state index contributed by atoms with van der Waals surface area (Å²) in [5, 5.41) is 6.88. The van der Waals surface area contributed by atoms with E-state index in [1.807, 2.05) is 37.3 Å². The molecule has 0 bridgehead atoms. The number of rotatable bonds is 6. The van der Waals surface area contributed by atoms with Gasteiger partial charge in [-0.05, 0) is 67.5 Å². The van der Waals surface area contributed by atoms with Crippen molar-refractivity contribution in [2.24, 2.45) is 5.92 Å². The van der Waals surface area contributed by atoms with Crippen molar-refractivity contribution in [1.82, 2.24) is 15.0 Å². The molecule has 1 aliphatic heterocycles. The molecule has 0 atom stereocenters. The van der Waals surface area contributed by atoms with Crippen molar-refractivity contribution in [3.63, 3.8) is 0 Å². The predicted octanol–water partition coefficient (Wildman–Crippen LogP) is 4.99. The molecule has 0 spiro atoms. The number of nitrogens with one attached hydrogen (secondary N) is 2. The molecule has 8 heteroatoms. The van der Waals surface area contributed by atoms with Gasteiger partial charge in [-0.15, -0.1) is 0 Å². The number of hydrogen-bond donors (Lipinski definition) is 2. The van der Waals surface area contributed by atoms with E-state index in [0.29, 0.717) is 17.8 Å². The molecule has 1 fully saturated rings. The number of carbonyl (C=O) groups is 1. The second-order valence-electron chi connectivity index (χ2n) is 8.15. The van der Waals surface area contributed by atoms with Crippen LogP contribution in [-0.4, -0.2) is 33.9 Å². The summed E-state index contributed by atoms with van der Waals surface area (Å²) in [5.41, 5.74) is 3.86. The monoisotopic (exact) mass is 450 g/mol. The standard InChI is InChI=1S/C24H27ClN6O/c1-16-21(28-17(2)32)4-3-5-22(16)29-23-26-15-27-24(30-23)31-12-10-19(11-13-31)14-18-6-8-20(25)9-7-18/h3-9,15,19H,10-14H2,1-2H3,(H,28,32)(H,26,27,29,30). The normalized spacial score (nSPS) is 14.3. The van der Waals surface area contributed by atoms with Gasteiger partial charge in [0.15, 0.2) is 0 Å². The number of halogens is 1. The van der Waals surface area contributed by atoms with Crippen molar-refractivity contribution in [1.29, 1.82) is 0 Å². The van der Waals surface area contributed by atoms with Crippen molar-refractivity contribution in [2.45, 2.75) is 33.1 Å². The summed E-state index contributed by atoms with van der Waals surface area (Å²) in [6.45, 7) is 5.27. The molecule has 1 saturated heterocycles. The lowest BCUT2D eigenvalue weighted by atomic mass is 9.90. The zero-order valence-electron chi connectivity index (χ0n) is 18.3. The Morgan fingerprint density at radius 3 is 2.53 bits per heavy atom. The van der Waals surface area contributed by atoms with Crippen LogP contribution in [0, 0.1) is 12.8 Å². The largest absolute Gasteiger partial charge is 0.341 e. The van der Waals surface area contributed by atoms with Crippen molar-refractivity contribution in [3.8, 4) is 0 Å². The highest BCUT2D eigenvalue weighted by molar-refractivity contribution is 6.30. The van der Waals surface area contributed by atoms with Gasteiger partial charge in [0.1, 0.15) is 6.33 Å². The fourth-order valence-corrected chi connectivity index (χ4v) is 4.13. The number of aromatic nitrogens is 3. The third kappa shape index (κ3) is 5.53. The van der Waals surface area contributed by atoms with Crippen LogP contribution in [0.1, 0.15) is 30.9 Å². The van der Waals surface area contributed by atoms with Crippen molar-refractivity contribution in [2.75, 3.05) is 28.6 Å². The van der Waals surface area contributed by atoms with E-state index in [2.05, 4.69) is 42.6 Å². The lowest BCUT2D eigenvalue weighted by molar-refractivity contribution is -0.114. The first kappa shape index (κ1) is 22.0. The Hall–Kier alpha value is -3.19. The lowest BCUT2D eigenvalue weighted by Gasteiger charge is -2.32. The molecule has 1 aliphatic rings. The summed E-state index contributed by atoms with van der Waals surface area (Å²) in [4.78, 5) is 26.9. The summed E-state index contributed by atoms with van der Waals surface area (Å²) < 4.78 is 0. The molecule has 7 nitrogen and oxygen atoms in total. The van der Waals surface area contributed by atoms with E-state index in [4.69, 9.17) is 11.6 Å². The van der Waals surface area contributed by atoms with Crippen LogP contribution in [0.4, 0.5) is 23.3 Å². The molecule has 0 saturated carbocycles. The smallest absolute Gasteiger partial charge is 0.232 e. The second kappa shape index (κ2) is 9.96. The van der Waals surface area contributed by atoms with Gasteiger partial charge < -0.3 is 15.5 Å². The maximum Gasteiger partial charge on any atom is 0.232 e. The SMILES string of the molecule is CC(=O)Nc1cccc(Nc2ncnc(N3CCC(Cc4ccc(Cl)cc4)CC3)n2)c1C. The molecule has 1 aromatic heterocycles. The zero-order valence-corrected chi connectivity index (χ0v) is 19.1. The molecule has 1 amide bonds. The van der Waals surface area contributed by atoms with Gasteiger partial charge in [0.25, 0.3) is 0 Å². The van der Waals surface area contributed by atoms with Gasteiger partial charge in [-0.2, -0.15) is 4.98 Å². The Morgan fingerprint density at radius 1 is 1.09 bits per heavy atom. The van der Waals surface area contributed by atoms with Gasteiger partial charge >= 0.3 is 0 Å². The highest BCUT2D eigenvalue weighted by atomic mass is 35.5. The van der Waals surface area contributed by atoms with Crippen LogP contribution < -0.4 is 15.5 Å². The summed E-state index contributed by atoms with van der Waals surface area (Å²) in [6, 6.07) is 13.8. The molecule has 0 radical (unpaired) electrons. The highest BCUT2D eigenvalue weighted by Crippen LogP contribution is 2.27. The second-order valence-corrected chi connectivity index (χ2v) is 8.59. The topological polar surface area (TPSA) is 83.0 Å². The number of benzene rings is 2. The number of anilines is 4. The summed E-state index contributed by atoms with van der Waals surface area (Å²) >= 11 is 5.99. The molecule has 2 aromatic carbocycles. The number of piperidine rings is 1. The quantitative estimate of drug-likeness (QED) is 0.550. The van der Waals surface area contributed by atoms with E-state index >= 15 is 0 Å². The highest BCUT2D eigenvalue weighted by Gasteiger charge is 2.21. The van der Waals surface area contributed by atoms with Gasteiger partial charge in [0, 0.05) is 36.4 Å². The summed E-state index contributed by atoms with van der Waals surface area (Å²) in [5.74, 6) is 1.71. The van der Waals surface area contributed by atoms with E-state index in [1.54, 1.807) is 0 Å².